The SMILES string of the molecule is CC(C)Cc1c(-c2ccc3c(c2)CCO3)noc1N. The van der Waals surface area contributed by atoms with Gasteiger partial charge in [-0.3, -0.25) is 0 Å². The van der Waals surface area contributed by atoms with Crippen LogP contribution in [0, 0.1) is 5.92 Å². The number of nitrogens with two attached hydrogens (primary N) is 1. The first-order chi connectivity index (χ1) is 9.15. The van der Waals surface area contributed by atoms with Crippen molar-refractivity contribution in [3.05, 3.63) is 29.3 Å². The van der Waals surface area contributed by atoms with E-state index >= 15 is 0 Å². The lowest BCUT2D eigenvalue weighted by molar-refractivity contribution is 0.357. The normalized spacial score (nSPS) is 13.6. The van der Waals surface area contributed by atoms with Gasteiger partial charge >= 0.3 is 0 Å². The lowest BCUT2D eigenvalue weighted by Gasteiger charge is -2.06. The average Bonchev–Trinajstić information content (AvgIpc) is 2.96. The molecular weight excluding hydrogens is 240 g/mol. The molecule has 4 nitrogen and oxygen atoms in total. The first-order valence-electron chi connectivity index (χ1n) is 6.65. The second-order valence-corrected chi connectivity index (χ2v) is 5.39. The molecule has 0 saturated carbocycles. The molecule has 0 atom stereocenters. The van der Waals surface area contributed by atoms with E-state index in [1.807, 2.05) is 12.1 Å². The largest absolute Gasteiger partial charge is 0.493 e. The molecule has 0 aliphatic carbocycles. The van der Waals surface area contributed by atoms with Gasteiger partial charge < -0.3 is 15.0 Å². The molecule has 0 bridgehead atoms. The van der Waals surface area contributed by atoms with E-state index in [1.54, 1.807) is 0 Å². The van der Waals surface area contributed by atoms with Crippen molar-refractivity contribution in [2.75, 3.05) is 12.3 Å². The highest BCUT2D eigenvalue weighted by Crippen LogP contribution is 2.34. The predicted octanol–water partition coefficient (Wildman–Crippen LogP) is 3.06. The third-order valence-electron chi connectivity index (χ3n) is 3.39. The van der Waals surface area contributed by atoms with Gasteiger partial charge in [0.1, 0.15) is 11.4 Å². The second kappa shape index (κ2) is 4.61. The fourth-order valence-corrected chi connectivity index (χ4v) is 2.49. The molecule has 1 aliphatic heterocycles. The Balaban J connectivity index is 2.02. The number of fused-ring (bicyclic) bond motifs is 1. The zero-order valence-corrected chi connectivity index (χ0v) is 11.3. The molecule has 2 heterocycles. The Morgan fingerprint density at radius 1 is 1.37 bits per heavy atom. The number of nitrogens with zero attached hydrogens (tertiary/aromatic N) is 1. The Bertz CT molecular complexity index is 602. The quantitative estimate of drug-likeness (QED) is 0.919. The Morgan fingerprint density at radius 2 is 2.21 bits per heavy atom. The Hall–Kier alpha value is -1.97. The summed E-state index contributed by atoms with van der Waals surface area (Å²) in [6.07, 6.45) is 1.83. The summed E-state index contributed by atoms with van der Waals surface area (Å²) in [5, 5.41) is 4.12. The molecule has 0 saturated heterocycles. The monoisotopic (exact) mass is 258 g/mol. The van der Waals surface area contributed by atoms with Crippen molar-refractivity contribution in [1.82, 2.24) is 5.16 Å². The van der Waals surface area contributed by atoms with Crippen molar-refractivity contribution in [3.63, 3.8) is 0 Å². The van der Waals surface area contributed by atoms with Gasteiger partial charge in [-0.05, 0) is 36.1 Å². The molecule has 19 heavy (non-hydrogen) atoms. The van der Waals surface area contributed by atoms with Gasteiger partial charge in [0.25, 0.3) is 0 Å². The van der Waals surface area contributed by atoms with Crippen LogP contribution in [0.3, 0.4) is 0 Å². The van der Waals surface area contributed by atoms with Crippen LogP contribution in [0.1, 0.15) is 25.0 Å². The molecular formula is C15H18N2O2. The molecule has 0 fully saturated rings. The number of nitrogen functional groups attached to an aromatic ring is 1. The van der Waals surface area contributed by atoms with Crippen molar-refractivity contribution in [3.8, 4) is 17.0 Å². The van der Waals surface area contributed by atoms with E-state index < -0.39 is 0 Å². The molecule has 0 unspecified atom stereocenters. The summed E-state index contributed by atoms with van der Waals surface area (Å²) in [4.78, 5) is 0. The molecule has 1 aromatic carbocycles. The number of anilines is 1. The molecule has 100 valence electrons. The van der Waals surface area contributed by atoms with Crippen LogP contribution in [0.5, 0.6) is 5.75 Å². The van der Waals surface area contributed by atoms with Crippen LogP contribution in [0.2, 0.25) is 0 Å². The van der Waals surface area contributed by atoms with E-state index in [2.05, 4.69) is 25.1 Å². The van der Waals surface area contributed by atoms with Crippen LogP contribution in [0.15, 0.2) is 22.7 Å². The number of hydrogen-bond donors (Lipinski definition) is 1. The summed E-state index contributed by atoms with van der Waals surface area (Å²) < 4.78 is 10.7. The van der Waals surface area contributed by atoms with Gasteiger partial charge in [-0.1, -0.05) is 19.0 Å². The van der Waals surface area contributed by atoms with Crippen LogP contribution in [-0.2, 0) is 12.8 Å². The molecule has 0 radical (unpaired) electrons. The fraction of sp³-hybridized carbons (Fsp3) is 0.400. The molecule has 0 amide bonds. The first-order valence-corrected chi connectivity index (χ1v) is 6.65. The molecule has 2 aromatic rings. The minimum absolute atomic E-state index is 0.431. The van der Waals surface area contributed by atoms with Gasteiger partial charge in [0.05, 0.1) is 6.61 Å². The Labute approximate surface area is 112 Å². The summed E-state index contributed by atoms with van der Waals surface area (Å²) in [6, 6.07) is 6.15. The van der Waals surface area contributed by atoms with Gasteiger partial charge in [-0.25, -0.2) is 0 Å². The van der Waals surface area contributed by atoms with Crippen molar-refractivity contribution in [2.24, 2.45) is 5.92 Å². The smallest absolute Gasteiger partial charge is 0.225 e. The molecule has 1 aliphatic rings. The summed E-state index contributed by atoms with van der Waals surface area (Å²) in [5.41, 5.74) is 10.0. The number of hydrogen-bond acceptors (Lipinski definition) is 4. The maximum atomic E-state index is 5.89. The Morgan fingerprint density at radius 3 is 3.00 bits per heavy atom. The molecule has 0 spiro atoms. The van der Waals surface area contributed by atoms with E-state index in [0.29, 0.717) is 11.8 Å². The second-order valence-electron chi connectivity index (χ2n) is 5.39. The van der Waals surface area contributed by atoms with Crippen LogP contribution in [-0.4, -0.2) is 11.8 Å². The summed E-state index contributed by atoms with van der Waals surface area (Å²) in [5.74, 6) is 1.92. The van der Waals surface area contributed by atoms with Gasteiger partial charge in [0, 0.05) is 17.5 Å². The van der Waals surface area contributed by atoms with Gasteiger partial charge in [-0.2, -0.15) is 0 Å². The van der Waals surface area contributed by atoms with E-state index in [1.165, 1.54) is 5.56 Å². The summed E-state index contributed by atoms with van der Waals surface area (Å²) in [7, 11) is 0. The third kappa shape index (κ3) is 2.18. The Kier molecular flexibility index (Phi) is 2.93. The van der Waals surface area contributed by atoms with Crippen molar-refractivity contribution < 1.29 is 9.26 Å². The minimum atomic E-state index is 0.431. The van der Waals surface area contributed by atoms with Crippen molar-refractivity contribution in [2.45, 2.75) is 26.7 Å². The number of benzene rings is 1. The first kappa shape index (κ1) is 12.1. The van der Waals surface area contributed by atoms with E-state index in [9.17, 15) is 0 Å². The van der Waals surface area contributed by atoms with Crippen LogP contribution < -0.4 is 10.5 Å². The number of ether oxygens (including phenoxy) is 1. The van der Waals surface area contributed by atoms with Crippen LogP contribution in [0.4, 0.5) is 5.88 Å². The predicted molar refractivity (Wildman–Crippen MR) is 74.1 cm³/mol. The van der Waals surface area contributed by atoms with Crippen LogP contribution in [0.25, 0.3) is 11.3 Å². The zero-order chi connectivity index (χ0) is 13.4. The summed E-state index contributed by atoms with van der Waals surface area (Å²) in [6.45, 7) is 5.08. The third-order valence-corrected chi connectivity index (χ3v) is 3.39. The average molecular weight is 258 g/mol. The highest BCUT2D eigenvalue weighted by molar-refractivity contribution is 5.69. The lowest BCUT2D eigenvalue weighted by Crippen LogP contribution is -1.98. The van der Waals surface area contributed by atoms with Crippen LogP contribution >= 0.6 is 0 Å². The van der Waals surface area contributed by atoms with Crippen molar-refractivity contribution in [1.29, 1.82) is 0 Å². The highest BCUT2D eigenvalue weighted by atomic mass is 16.5. The highest BCUT2D eigenvalue weighted by Gasteiger charge is 2.19. The lowest BCUT2D eigenvalue weighted by atomic mass is 9.98. The van der Waals surface area contributed by atoms with E-state index in [-0.39, 0.29) is 0 Å². The van der Waals surface area contributed by atoms with E-state index in [4.69, 9.17) is 15.0 Å². The fourth-order valence-electron chi connectivity index (χ4n) is 2.49. The van der Waals surface area contributed by atoms with E-state index in [0.717, 1.165) is 42.0 Å². The number of aromatic nitrogens is 1. The van der Waals surface area contributed by atoms with Gasteiger partial charge in [0.15, 0.2) is 0 Å². The maximum absolute atomic E-state index is 5.89. The topological polar surface area (TPSA) is 61.3 Å². The molecule has 1 aromatic heterocycles. The number of rotatable bonds is 3. The van der Waals surface area contributed by atoms with Gasteiger partial charge in [0.2, 0.25) is 5.88 Å². The van der Waals surface area contributed by atoms with Crippen molar-refractivity contribution >= 4 is 5.88 Å². The molecule has 2 N–H and O–H groups in total. The van der Waals surface area contributed by atoms with Gasteiger partial charge in [-0.15, -0.1) is 0 Å². The maximum Gasteiger partial charge on any atom is 0.225 e. The minimum Gasteiger partial charge on any atom is -0.493 e. The molecule has 3 rings (SSSR count). The zero-order valence-electron chi connectivity index (χ0n) is 11.3. The summed E-state index contributed by atoms with van der Waals surface area (Å²) >= 11 is 0. The standard InChI is InChI=1S/C15H18N2O2/c1-9(2)7-12-14(17-19-15(12)16)11-3-4-13-10(8-11)5-6-18-13/h3-4,8-9H,5-7,16H2,1-2H3. The molecule has 4 heteroatoms.